The number of nitrogens with zero attached hydrogens (tertiary/aromatic N) is 1. The number of rotatable bonds is 6. The summed E-state index contributed by atoms with van der Waals surface area (Å²) in [5, 5.41) is 3.38. The van der Waals surface area contributed by atoms with Crippen LogP contribution in [-0.2, 0) is 16.0 Å². The van der Waals surface area contributed by atoms with Crippen molar-refractivity contribution in [2.45, 2.75) is 25.8 Å². The van der Waals surface area contributed by atoms with Gasteiger partial charge in [-0.25, -0.2) is 0 Å². The van der Waals surface area contributed by atoms with E-state index in [0.717, 1.165) is 36.9 Å². The molecule has 5 heteroatoms. The number of carbonyl (C=O) groups excluding carboxylic acids is 1. The average molecular weight is 369 g/mol. The van der Waals surface area contributed by atoms with Gasteiger partial charge in [-0.2, -0.15) is 0 Å². The van der Waals surface area contributed by atoms with Gasteiger partial charge in [-0.3, -0.25) is 4.79 Å². The Kier molecular flexibility index (Phi) is 6.86. The molecule has 4 nitrogen and oxygen atoms in total. The van der Waals surface area contributed by atoms with Gasteiger partial charge in [-0.05, 0) is 37.5 Å². The molecule has 0 radical (unpaired) electrons. The van der Waals surface area contributed by atoms with Crippen LogP contribution in [0.4, 0.5) is 0 Å². The lowest BCUT2D eigenvalue weighted by atomic mass is 9.94. The van der Waals surface area contributed by atoms with Crippen LogP contribution in [0.1, 0.15) is 18.9 Å². The lowest BCUT2D eigenvalue weighted by molar-refractivity contribution is -0.137. The summed E-state index contributed by atoms with van der Waals surface area (Å²) in [6.45, 7) is 5.21. The summed E-state index contributed by atoms with van der Waals surface area (Å²) in [6.07, 6.45) is 1.53. The van der Waals surface area contributed by atoms with E-state index in [-0.39, 0.29) is 11.8 Å². The molecule has 22 heavy (non-hydrogen) atoms. The van der Waals surface area contributed by atoms with Crippen molar-refractivity contribution in [2.75, 3.05) is 33.4 Å². The van der Waals surface area contributed by atoms with Gasteiger partial charge in [0, 0.05) is 49.8 Å². The number of methoxy groups -OCH3 is 1. The zero-order chi connectivity index (χ0) is 15.9. The highest BCUT2D eigenvalue weighted by Gasteiger charge is 2.27. The van der Waals surface area contributed by atoms with Gasteiger partial charge in [-0.15, -0.1) is 0 Å². The molecule has 1 amide bonds. The SMILES string of the molecule is COCCC(Cc1cccc(Br)c1)C(=O)N1CCNC(C)C1. The van der Waals surface area contributed by atoms with Crippen LogP contribution < -0.4 is 5.32 Å². The molecule has 0 aromatic heterocycles. The van der Waals surface area contributed by atoms with E-state index >= 15 is 0 Å². The monoisotopic (exact) mass is 368 g/mol. The number of hydrogen-bond acceptors (Lipinski definition) is 3. The summed E-state index contributed by atoms with van der Waals surface area (Å²) in [4.78, 5) is 14.9. The molecule has 2 unspecified atom stereocenters. The molecule has 1 saturated heterocycles. The summed E-state index contributed by atoms with van der Waals surface area (Å²) < 4.78 is 6.25. The third-order valence-corrected chi connectivity index (χ3v) is 4.56. The number of hydrogen-bond donors (Lipinski definition) is 1. The maximum absolute atomic E-state index is 12.9. The van der Waals surface area contributed by atoms with Gasteiger partial charge in [0.1, 0.15) is 0 Å². The van der Waals surface area contributed by atoms with E-state index in [1.807, 2.05) is 17.0 Å². The Morgan fingerprint density at radius 1 is 1.55 bits per heavy atom. The number of benzene rings is 1. The predicted octanol–water partition coefficient (Wildman–Crippen LogP) is 2.46. The molecule has 122 valence electrons. The topological polar surface area (TPSA) is 41.6 Å². The third-order valence-electron chi connectivity index (χ3n) is 4.07. The normalized spacial score (nSPS) is 20.0. The van der Waals surface area contributed by atoms with Crippen molar-refractivity contribution in [2.24, 2.45) is 5.92 Å². The number of carbonyl (C=O) groups is 1. The fourth-order valence-corrected chi connectivity index (χ4v) is 3.36. The fourth-order valence-electron chi connectivity index (χ4n) is 2.91. The van der Waals surface area contributed by atoms with Gasteiger partial charge in [0.2, 0.25) is 5.91 Å². The van der Waals surface area contributed by atoms with Crippen LogP contribution in [0.2, 0.25) is 0 Å². The summed E-state index contributed by atoms with van der Waals surface area (Å²) in [5.41, 5.74) is 1.19. The Morgan fingerprint density at radius 2 is 2.36 bits per heavy atom. The van der Waals surface area contributed by atoms with Crippen LogP contribution in [0.5, 0.6) is 0 Å². The van der Waals surface area contributed by atoms with Crippen molar-refractivity contribution < 1.29 is 9.53 Å². The molecule has 1 heterocycles. The van der Waals surface area contributed by atoms with Gasteiger partial charge in [0.25, 0.3) is 0 Å². The second-order valence-electron chi connectivity index (χ2n) is 5.95. The highest BCUT2D eigenvalue weighted by Crippen LogP contribution is 2.19. The van der Waals surface area contributed by atoms with Crippen molar-refractivity contribution in [1.82, 2.24) is 10.2 Å². The third kappa shape index (κ3) is 5.07. The minimum Gasteiger partial charge on any atom is -0.385 e. The second kappa shape index (κ2) is 8.65. The molecule has 1 aliphatic heterocycles. The zero-order valence-electron chi connectivity index (χ0n) is 13.3. The van der Waals surface area contributed by atoms with Crippen LogP contribution in [0.25, 0.3) is 0 Å². The van der Waals surface area contributed by atoms with E-state index in [4.69, 9.17) is 4.74 Å². The molecule has 1 aliphatic rings. The first kappa shape index (κ1) is 17.4. The largest absolute Gasteiger partial charge is 0.385 e. The Bertz CT molecular complexity index is 495. The van der Waals surface area contributed by atoms with E-state index in [0.29, 0.717) is 12.6 Å². The predicted molar refractivity (Wildman–Crippen MR) is 91.9 cm³/mol. The summed E-state index contributed by atoms with van der Waals surface area (Å²) in [5.74, 6) is 0.241. The summed E-state index contributed by atoms with van der Waals surface area (Å²) >= 11 is 3.50. The van der Waals surface area contributed by atoms with Crippen molar-refractivity contribution >= 4 is 21.8 Å². The first-order chi connectivity index (χ1) is 10.6. The van der Waals surface area contributed by atoms with Crippen LogP contribution in [0.3, 0.4) is 0 Å². The molecule has 2 atom stereocenters. The Labute approximate surface area is 141 Å². The lowest BCUT2D eigenvalue weighted by Gasteiger charge is -2.34. The first-order valence-corrected chi connectivity index (χ1v) is 8.65. The van der Waals surface area contributed by atoms with E-state index < -0.39 is 0 Å². The molecule has 0 bridgehead atoms. The molecule has 1 aromatic carbocycles. The van der Waals surface area contributed by atoms with Gasteiger partial charge in [0.05, 0.1) is 0 Å². The quantitative estimate of drug-likeness (QED) is 0.838. The molecule has 1 aromatic rings. The van der Waals surface area contributed by atoms with Crippen LogP contribution in [0.15, 0.2) is 28.7 Å². The maximum atomic E-state index is 12.9. The Balaban J connectivity index is 2.05. The molecule has 1 N–H and O–H groups in total. The highest BCUT2D eigenvalue weighted by molar-refractivity contribution is 9.10. The molecule has 1 fully saturated rings. The fraction of sp³-hybridized carbons (Fsp3) is 0.588. The number of halogens is 1. The number of piperazine rings is 1. The first-order valence-electron chi connectivity index (χ1n) is 7.85. The van der Waals surface area contributed by atoms with E-state index in [2.05, 4.69) is 40.3 Å². The zero-order valence-corrected chi connectivity index (χ0v) is 14.9. The molecule has 0 spiro atoms. The van der Waals surface area contributed by atoms with E-state index in [1.54, 1.807) is 7.11 Å². The molecule has 2 rings (SSSR count). The molecular formula is C17H25BrN2O2. The van der Waals surface area contributed by atoms with Crippen molar-refractivity contribution in [3.05, 3.63) is 34.3 Å². The van der Waals surface area contributed by atoms with Gasteiger partial charge < -0.3 is 15.0 Å². The minimum atomic E-state index is -0.0143. The highest BCUT2D eigenvalue weighted by atomic mass is 79.9. The van der Waals surface area contributed by atoms with Crippen molar-refractivity contribution in [1.29, 1.82) is 0 Å². The second-order valence-corrected chi connectivity index (χ2v) is 6.87. The molecule has 0 aliphatic carbocycles. The van der Waals surface area contributed by atoms with Crippen molar-refractivity contribution in [3.63, 3.8) is 0 Å². The van der Waals surface area contributed by atoms with Gasteiger partial charge >= 0.3 is 0 Å². The maximum Gasteiger partial charge on any atom is 0.226 e. The van der Waals surface area contributed by atoms with Gasteiger partial charge in [0.15, 0.2) is 0 Å². The van der Waals surface area contributed by atoms with Crippen LogP contribution >= 0.6 is 15.9 Å². The average Bonchev–Trinajstić information content (AvgIpc) is 2.51. The van der Waals surface area contributed by atoms with E-state index in [9.17, 15) is 4.79 Å². The summed E-state index contributed by atoms with van der Waals surface area (Å²) in [6, 6.07) is 8.57. The molecular weight excluding hydrogens is 344 g/mol. The number of nitrogens with one attached hydrogen (secondary N) is 1. The van der Waals surface area contributed by atoms with E-state index in [1.165, 1.54) is 5.56 Å². The summed E-state index contributed by atoms with van der Waals surface area (Å²) in [7, 11) is 1.69. The smallest absolute Gasteiger partial charge is 0.226 e. The Hall–Kier alpha value is -0.910. The van der Waals surface area contributed by atoms with Crippen molar-refractivity contribution in [3.8, 4) is 0 Å². The lowest BCUT2D eigenvalue weighted by Crippen LogP contribution is -2.53. The number of ether oxygens (including phenoxy) is 1. The van der Waals surface area contributed by atoms with Crippen LogP contribution in [-0.4, -0.2) is 50.2 Å². The molecule has 0 saturated carbocycles. The standard InChI is InChI=1S/C17H25BrN2O2/c1-13-12-20(8-7-19-13)17(21)15(6-9-22-2)10-14-4-3-5-16(18)11-14/h3-5,11,13,15,19H,6-10,12H2,1-2H3. The van der Waals surface area contributed by atoms with Crippen LogP contribution in [0, 0.1) is 5.92 Å². The van der Waals surface area contributed by atoms with Gasteiger partial charge in [-0.1, -0.05) is 28.1 Å². The number of amides is 1. The minimum absolute atomic E-state index is 0.0143. The Morgan fingerprint density at radius 3 is 3.05 bits per heavy atom.